The van der Waals surface area contributed by atoms with E-state index in [1.807, 2.05) is 0 Å². The topological polar surface area (TPSA) is 79.3 Å². The molecule has 0 radical (unpaired) electrons. The Morgan fingerprint density at radius 3 is 2.81 bits per heavy atom. The van der Waals surface area contributed by atoms with Crippen LogP contribution in [-0.2, 0) is 10.8 Å². The lowest BCUT2D eigenvalue weighted by atomic mass is 10.4. The Hall–Kier alpha value is -0.950. The van der Waals surface area contributed by atoms with Gasteiger partial charge in [0.05, 0.1) is 0 Å². The van der Waals surface area contributed by atoms with Gasteiger partial charge in [0, 0.05) is 34.2 Å². The maximum Gasteiger partial charge on any atom is 0.355 e. The molecule has 16 heavy (non-hydrogen) atoms. The molecule has 0 aromatic carbocycles. The molecule has 0 amide bonds. The Morgan fingerprint density at radius 2 is 2.31 bits per heavy atom. The summed E-state index contributed by atoms with van der Waals surface area (Å²) < 4.78 is 10.8. The number of thiazole rings is 1. The molecule has 1 heterocycles. The van der Waals surface area contributed by atoms with E-state index in [0.29, 0.717) is 22.3 Å². The largest absolute Gasteiger partial charge is 0.476 e. The highest BCUT2D eigenvalue weighted by Crippen LogP contribution is 2.21. The van der Waals surface area contributed by atoms with Crippen LogP contribution in [0.5, 0.6) is 0 Å². The average molecular weight is 262 g/mol. The molecule has 90 valence electrons. The minimum atomic E-state index is -1.00. The van der Waals surface area contributed by atoms with Crippen molar-refractivity contribution in [2.45, 2.75) is 13.3 Å². The molecule has 0 aliphatic heterocycles. The first-order valence-electron chi connectivity index (χ1n) is 4.75. The first-order chi connectivity index (χ1) is 7.50. The number of hydrogen-bond donors (Lipinski definition) is 2. The van der Waals surface area contributed by atoms with E-state index in [-0.39, 0.29) is 5.69 Å². The molecule has 1 aromatic heterocycles. The Labute approximate surface area is 100 Å². The molecule has 0 fully saturated rings. The molecular weight excluding hydrogens is 248 g/mol. The van der Waals surface area contributed by atoms with Crippen LogP contribution in [0.3, 0.4) is 0 Å². The predicted molar refractivity (Wildman–Crippen MR) is 65.9 cm³/mol. The quantitative estimate of drug-likeness (QED) is 0.756. The molecule has 2 N–H and O–H groups in total. The molecule has 0 aliphatic rings. The first kappa shape index (κ1) is 13.1. The summed E-state index contributed by atoms with van der Waals surface area (Å²) in [5.74, 6) is -0.361. The number of rotatable bonds is 6. The lowest BCUT2D eigenvalue weighted by Crippen LogP contribution is -2.06. The van der Waals surface area contributed by atoms with E-state index in [9.17, 15) is 9.00 Å². The van der Waals surface area contributed by atoms with Gasteiger partial charge in [0.1, 0.15) is 0 Å². The number of nitrogens with zero attached hydrogens (tertiary/aromatic N) is 1. The van der Waals surface area contributed by atoms with E-state index in [2.05, 4.69) is 10.3 Å². The number of nitrogens with one attached hydrogen (secondary N) is 1. The molecule has 5 nitrogen and oxygen atoms in total. The third-order valence-electron chi connectivity index (χ3n) is 1.88. The molecule has 1 aromatic rings. The van der Waals surface area contributed by atoms with Crippen LogP contribution < -0.4 is 5.32 Å². The maximum absolute atomic E-state index is 10.8. The van der Waals surface area contributed by atoms with E-state index < -0.39 is 16.8 Å². The normalized spacial score (nSPS) is 12.4. The summed E-state index contributed by atoms with van der Waals surface area (Å²) in [5, 5.41) is 12.4. The Bertz CT molecular complexity index is 403. The number of aryl methyl sites for hydroxylation is 1. The van der Waals surface area contributed by atoms with Crippen molar-refractivity contribution in [2.24, 2.45) is 0 Å². The van der Waals surface area contributed by atoms with Crippen molar-refractivity contribution in [3.8, 4) is 0 Å². The molecule has 1 atom stereocenters. The lowest BCUT2D eigenvalue weighted by molar-refractivity contribution is 0.0690. The number of carbonyl (C=O) groups is 1. The monoisotopic (exact) mass is 262 g/mol. The van der Waals surface area contributed by atoms with Crippen LogP contribution in [0.25, 0.3) is 0 Å². The summed E-state index contributed by atoms with van der Waals surface area (Å²) in [5.41, 5.74) is 0.103. The highest BCUT2D eigenvalue weighted by molar-refractivity contribution is 7.84. The molecule has 7 heteroatoms. The second-order valence-corrected chi connectivity index (χ2v) is 6.04. The van der Waals surface area contributed by atoms with Crippen molar-refractivity contribution < 1.29 is 14.1 Å². The minimum Gasteiger partial charge on any atom is -0.476 e. The van der Waals surface area contributed by atoms with Gasteiger partial charge in [-0.25, -0.2) is 9.78 Å². The highest BCUT2D eigenvalue weighted by atomic mass is 32.2. The van der Waals surface area contributed by atoms with Gasteiger partial charge in [0.2, 0.25) is 0 Å². The van der Waals surface area contributed by atoms with Gasteiger partial charge in [-0.05, 0) is 13.3 Å². The average Bonchev–Trinajstić information content (AvgIpc) is 2.54. The molecule has 0 bridgehead atoms. The first-order valence-corrected chi connectivity index (χ1v) is 7.29. The zero-order valence-corrected chi connectivity index (χ0v) is 10.8. The fourth-order valence-electron chi connectivity index (χ4n) is 1.14. The SMILES string of the molecule is Cc1sc(NCCCS(C)=O)nc1C(=O)O. The fourth-order valence-corrected chi connectivity index (χ4v) is 2.52. The summed E-state index contributed by atoms with van der Waals surface area (Å²) >= 11 is 1.32. The van der Waals surface area contributed by atoms with Gasteiger partial charge >= 0.3 is 5.97 Å². The Balaban J connectivity index is 2.46. The van der Waals surface area contributed by atoms with Gasteiger partial charge in [0.15, 0.2) is 10.8 Å². The second-order valence-electron chi connectivity index (χ2n) is 3.29. The molecule has 0 aliphatic carbocycles. The smallest absolute Gasteiger partial charge is 0.355 e. The Kier molecular flexibility index (Phi) is 4.88. The number of aromatic nitrogens is 1. The van der Waals surface area contributed by atoms with Crippen molar-refractivity contribution in [3.05, 3.63) is 10.6 Å². The standard InChI is InChI=1S/C9H14N2O3S2/c1-6-7(8(12)13)11-9(15-6)10-4-3-5-16(2)14/h3-5H2,1-2H3,(H,10,11)(H,12,13). The van der Waals surface area contributed by atoms with Crippen LogP contribution in [-0.4, -0.2) is 38.8 Å². The van der Waals surface area contributed by atoms with Crippen LogP contribution in [0, 0.1) is 6.92 Å². The number of aromatic carboxylic acids is 1. The van der Waals surface area contributed by atoms with Crippen LogP contribution in [0.1, 0.15) is 21.8 Å². The van der Waals surface area contributed by atoms with Crippen molar-refractivity contribution in [1.29, 1.82) is 0 Å². The summed E-state index contributed by atoms with van der Waals surface area (Å²) in [6, 6.07) is 0. The molecule has 1 unspecified atom stereocenters. The van der Waals surface area contributed by atoms with Gasteiger partial charge in [-0.3, -0.25) is 4.21 Å². The van der Waals surface area contributed by atoms with Crippen LogP contribution in [0.4, 0.5) is 5.13 Å². The molecule has 0 saturated heterocycles. The highest BCUT2D eigenvalue weighted by Gasteiger charge is 2.13. The van der Waals surface area contributed by atoms with Gasteiger partial charge in [-0.15, -0.1) is 11.3 Å². The predicted octanol–water partition coefficient (Wildman–Crippen LogP) is 1.33. The van der Waals surface area contributed by atoms with E-state index in [4.69, 9.17) is 5.11 Å². The van der Waals surface area contributed by atoms with E-state index in [1.165, 1.54) is 11.3 Å². The summed E-state index contributed by atoms with van der Waals surface area (Å²) in [4.78, 5) is 15.4. The van der Waals surface area contributed by atoms with E-state index >= 15 is 0 Å². The number of hydrogen-bond acceptors (Lipinski definition) is 5. The van der Waals surface area contributed by atoms with Crippen LogP contribution in [0.2, 0.25) is 0 Å². The summed E-state index contributed by atoms with van der Waals surface area (Å²) in [6.07, 6.45) is 2.44. The van der Waals surface area contributed by atoms with Crippen LogP contribution >= 0.6 is 11.3 Å². The van der Waals surface area contributed by atoms with Gasteiger partial charge in [-0.2, -0.15) is 0 Å². The summed E-state index contributed by atoms with van der Waals surface area (Å²) in [6.45, 7) is 2.39. The van der Waals surface area contributed by atoms with Crippen molar-refractivity contribution >= 4 is 33.2 Å². The van der Waals surface area contributed by atoms with E-state index in [0.717, 1.165) is 6.42 Å². The van der Waals surface area contributed by atoms with Crippen LogP contribution in [0.15, 0.2) is 0 Å². The zero-order chi connectivity index (χ0) is 12.1. The molecule has 0 saturated carbocycles. The lowest BCUT2D eigenvalue weighted by Gasteiger charge is -2.00. The zero-order valence-electron chi connectivity index (χ0n) is 9.15. The number of carboxylic acid groups (broad SMARTS) is 1. The third kappa shape index (κ3) is 3.90. The molecular formula is C9H14N2O3S2. The second kappa shape index (κ2) is 5.95. The van der Waals surface area contributed by atoms with Crippen molar-refractivity contribution in [2.75, 3.05) is 23.9 Å². The van der Waals surface area contributed by atoms with E-state index in [1.54, 1.807) is 13.2 Å². The summed E-state index contributed by atoms with van der Waals surface area (Å²) in [7, 11) is -0.781. The maximum atomic E-state index is 10.8. The molecule has 1 rings (SSSR count). The molecule has 0 spiro atoms. The Morgan fingerprint density at radius 1 is 1.62 bits per heavy atom. The van der Waals surface area contributed by atoms with Gasteiger partial charge in [-0.1, -0.05) is 0 Å². The third-order valence-corrected chi connectivity index (χ3v) is 3.68. The van der Waals surface area contributed by atoms with Crippen molar-refractivity contribution in [3.63, 3.8) is 0 Å². The minimum absolute atomic E-state index is 0.103. The number of carboxylic acids is 1. The van der Waals surface area contributed by atoms with Gasteiger partial charge in [0.25, 0.3) is 0 Å². The van der Waals surface area contributed by atoms with Crippen molar-refractivity contribution in [1.82, 2.24) is 4.98 Å². The number of anilines is 1. The van der Waals surface area contributed by atoms with Gasteiger partial charge < -0.3 is 10.4 Å². The fraction of sp³-hybridized carbons (Fsp3) is 0.556.